The van der Waals surface area contributed by atoms with Gasteiger partial charge in [-0.1, -0.05) is 32.9 Å². The van der Waals surface area contributed by atoms with Gasteiger partial charge in [0.05, 0.1) is 28.9 Å². The molecule has 39 heavy (non-hydrogen) atoms. The number of H-pyrrole nitrogens is 2. The van der Waals surface area contributed by atoms with Crippen molar-refractivity contribution < 1.29 is 9.32 Å². The number of hydrogen-bond acceptors (Lipinski definition) is 5. The Hall–Kier alpha value is -4.00. The summed E-state index contributed by atoms with van der Waals surface area (Å²) in [5, 5.41) is 13.8. The van der Waals surface area contributed by atoms with Gasteiger partial charge in [-0.05, 0) is 91.7 Å². The molecule has 0 amide bonds. The van der Waals surface area contributed by atoms with E-state index in [1.54, 1.807) is 12.3 Å². The second kappa shape index (κ2) is 11.4. The topological polar surface area (TPSA) is 111 Å². The third kappa shape index (κ3) is 5.18. The molecule has 4 heterocycles. The summed E-state index contributed by atoms with van der Waals surface area (Å²) >= 11 is 0. The van der Waals surface area contributed by atoms with Gasteiger partial charge in [-0.2, -0.15) is 0 Å². The Morgan fingerprint density at radius 1 is 0.923 bits per heavy atom. The van der Waals surface area contributed by atoms with Crippen LogP contribution in [0.1, 0.15) is 92.9 Å². The van der Waals surface area contributed by atoms with E-state index in [4.69, 9.17) is 14.9 Å². The first-order chi connectivity index (χ1) is 18.6. The minimum atomic E-state index is -0.248. The molecule has 0 atom stereocenters. The molecule has 0 fully saturated rings. The van der Waals surface area contributed by atoms with Gasteiger partial charge in [0, 0.05) is 35.4 Å². The fourth-order valence-corrected chi connectivity index (χ4v) is 5.44. The molecule has 3 aromatic heterocycles. The number of aromatic nitrogens is 3. The largest absolute Gasteiger partial charge is 0.361 e. The Bertz CT molecular complexity index is 1670. The van der Waals surface area contributed by atoms with Crippen molar-refractivity contribution in [2.24, 2.45) is 4.99 Å². The fraction of sp³-hybridized carbons (Fsp3) is 0.375. The van der Waals surface area contributed by atoms with Crippen LogP contribution in [0, 0.1) is 19.3 Å². The molecule has 7 nitrogen and oxygen atoms in total. The van der Waals surface area contributed by atoms with Crippen LogP contribution in [-0.4, -0.2) is 32.3 Å². The van der Waals surface area contributed by atoms with Crippen LogP contribution in [-0.2, 0) is 24.1 Å². The van der Waals surface area contributed by atoms with Crippen molar-refractivity contribution in [2.45, 2.75) is 81.1 Å². The third-order valence-electron chi connectivity index (χ3n) is 7.78. The number of rotatable bonds is 9. The maximum atomic E-state index is 11.7. The Labute approximate surface area is 230 Å². The van der Waals surface area contributed by atoms with Gasteiger partial charge in [-0.25, -0.2) is 4.99 Å². The molecule has 7 heteroatoms. The minimum absolute atomic E-state index is 0.00366. The van der Waals surface area contributed by atoms with Crippen molar-refractivity contribution in [1.82, 2.24) is 15.1 Å². The van der Waals surface area contributed by atoms with Gasteiger partial charge in [-0.15, -0.1) is 0 Å². The van der Waals surface area contributed by atoms with Crippen LogP contribution in [0.4, 0.5) is 0 Å². The quantitative estimate of drug-likeness (QED) is 0.324. The van der Waals surface area contributed by atoms with Crippen molar-refractivity contribution in [1.29, 1.82) is 5.41 Å². The van der Waals surface area contributed by atoms with Gasteiger partial charge >= 0.3 is 0 Å². The number of aromatic amines is 2. The molecule has 0 aliphatic carbocycles. The summed E-state index contributed by atoms with van der Waals surface area (Å²) in [7, 11) is 0. The average Bonchev–Trinajstić information content (AvgIpc) is 3.65. The maximum Gasteiger partial charge on any atom is 0.177 e. The van der Waals surface area contributed by atoms with Crippen molar-refractivity contribution in [2.75, 3.05) is 0 Å². The zero-order valence-electron chi connectivity index (χ0n) is 24.3. The number of aryl methyl sites for hydroxylation is 1. The normalized spacial score (nSPS) is 15.7. The van der Waals surface area contributed by atoms with Gasteiger partial charge in [0.2, 0.25) is 0 Å². The number of Topliss-reactive ketones (excluding diaryl/α,β-unsaturated/α-hetero) is 1. The minimum Gasteiger partial charge on any atom is -0.361 e. The van der Waals surface area contributed by atoms with Crippen molar-refractivity contribution in [3.8, 4) is 0 Å². The molecule has 0 unspecified atom stereocenters. The van der Waals surface area contributed by atoms with Crippen molar-refractivity contribution in [3.63, 3.8) is 0 Å². The summed E-state index contributed by atoms with van der Waals surface area (Å²) in [5.41, 5.74) is 12.1. The lowest BCUT2D eigenvalue weighted by Crippen LogP contribution is -2.16. The number of hydrogen-bond donors (Lipinski definition) is 3. The van der Waals surface area contributed by atoms with E-state index in [9.17, 15) is 4.79 Å². The van der Waals surface area contributed by atoms with E-state index in [1.165, 1.54) is 34.8 Å². The first-order valence-corrected chi connectivity index (χ1v) is 13.8. The molecule has 1 aliphatic heterocycles. The van der Waals surface area contributed by atoms with Gasteiger partial charge in [-0.3, -0.25) is 10.2 Å². The molecular weight excluding hydrogens is 486 g/mol. The maximum absolute atomic E-state index is 11.7. The first-order valence-electron chi connectivity index (χ1n) is 13.8. The van der Waals surface area contributed by atoms with E-state index >= 15 is 0 Å². The predicted octanol–water partition coefficient (Wildman–Crippen LogP) is 5.42. The second-order valence-corrected chi connectivity index (χ2v) is 10.0. The smallest absolute Gasteiger partial charge is 0.177 e. The van der Waals surface area contributed by atoms with Crippen LogP contribution < -0.4 is 10.7 Å². The first kappa shape index (κ1) is 28.0. The predicted molar refractivity (Wildman–Crippen MR) is 159 cm³/mol. The summed E-state index contributed by atoms with van der Waals surface area (Å²) in [6.07, 6.45) is 11.1. The second-order valence-electron chi connectivity index (χ2n) is 10.0. The highest BCUT2D eigenvalue weighted by Crippen LogP contribution is 2.33. The molecule has 0 spiro atoms. The zero-order chi connectivity index (χ0) is 28.4. The van der Waals surface area contributed by atoms with Crippen LogP contribution in [0.25, 0.3) is 18.2 Å². The average molecular weight is 526 g/mol. The lowest BCUT2D eigenvalue weighted by Gasteiger charge is -2.03. The van der Waals surface area contributed by atoms with E-state index < -0.39 is 0 Å². The summed E-state index contributed by atoms with van der Waals surface area (Å²) in [6, 6.07) is 0. The van der Waals surface area contributed by atoms with E-state index in [0.717, 1.165) is 76.1 Å². The molecule has 3 aromatic rings. The van der Waals surface area contributed by atoms with E-state index in [2.05, 4.69) is 68.8 Å². The van der Waals surface area contributed by atoms with E-state index in [-0.39, 0.29) is 11.5 Å². The SMILES string of the molecule is CCC1=C(C)C(=Cc2[nH]c(/C=c3\[nH]/c(=C\C(=N)C(C)=O)c(C)c3CC)c(CC)c2C)N=C1c1cnoc1CC. The summed E-state index contributed by atoms with van der Waals surface area (Å²) in [5.74, 6) is 0.611. The highest BCUT2D eigenvalue weighted by Gasteiger charge is 2.25. The molecule has 0 saturated carbocycles. The summed E-state index contributed by atoms with van der Waals surface area (Å²) < 4.78 is 5.46. The molecule has 204 valence electrons. The zero-order valence-corrected chi connectivity index (χ0v) is 24.3. The Kier molecular flexibility index (Phi) is 8.19. The number of carbonyl (C=O) groups is 1. The molecule has 0 aromatic carbocycles. The van der Waals surface area contributed by atoms with Crippen LogP contribution in [0.5, 0.6) is 0 Å². The Balaban J connectivity index is 1.84. The highest BCUT2D eigenvalue weighted by atomic mass is 16.5. The van der Waals surface area contributed by atoms with Crippen LogP contribution in [0.2, 0.25) is 0 Å². The molecule has 0 radical (unpaired) electrons. The third-order valence-corrected chi connectivity index (χ3v) is 7.78. The van der Waals surface area contributed by atoms with Gasteiger partial charge in [0.25, 0.3) is 0 Å². The van der Waals surface area contributed by atoms with Crippen molar-refractivity contribution in [3.05, 3.63) is 78.7 Å². The number of nitrogens with zero attached hydrogens (tertiary/aromatic N) is 2. The van der Waals surface area contributed by atoms with Crippen LogP contribution in [0.15, 0.2) is 32.6 Å². The molecule has 3 N–H and O–H groups in total. The van der Waals surface area contributed by atoms with Gasteiger partial charge in [0.1, 0.15) is 5.76 Å². The lowest BCUT2D eigenvalue weighted by molar-refractivity contribution is -0.111. The molecule has 0 bridgehead atoms. The molecule has 4 rings (SSSR count). The van der Waals surface area contributed by atoms with Crippen LogP contribution >= 0.6 is 0 Å². The standard InChI is InChI=1S/C32H39N5O2/c1-9-21-17(5)26(13-25(33)20(8)38)35-29(21)15-30-22(10-2)18(6)27(36-30)14-28-19(7)23(11-3)32(37-28)24-16-34-39-31(24)12-4/h13-16,33,35-36H,9-12H2,1-8H3/b26-13-,28-14?,29-15-,33-25?. The van der Waals surface area contributed by atoms with Crippen molar-refractivity contribution >= 4 is 35.4 Å². The molecule has 1 aliphatic rings. The van der Waals surface area contributed by atoms with Gasteiger partial charge < -0.3 is 14.5 Å². The van der Waals surface area contributed by atoms with E-state index in [0.29, 0.717) is 0 Å². The monoisotopic (exact) mass is 525 g/mol. The Morgan fingerprint density at radius 2 is 1.64 bits per heavy atom. The number of ketones is 1. The van der Waals surface area contributed by atoms with Gasteiger partial charge in [0.15, 0.2) is 5.78 Å². The molecular formula is C32H39N5O2. The van der Waals surface area contributed by atoms with E-state index in [1.807, 2.05) is 6.92 Å². The number of aliphatic imine (C=N–C) groups is 1. The lowest BCUT2D eigenvalue weighted by atomic mass is 9.97. The highest BCUT2D eigenvalue weighted by molar-refractivity contribution is 6.48. The number of allylic oxidation sites excluding steroid dienone is 2. The number of nitrogens with one attached hydrogen (secondary N) is 3. The number of carbonyl (C=O) groups excluding carboxylic acids is 1. The summed E-state index contributed by atoms with van der Waals surface area (Å²) in [4.78, 5) is 23.8. The summed E-state index contributed by atoms with van der Waals surface area (Å²) in [6.45, 7) is 16.3. The Morgan fingerprint density at radius 3 is 2.26 bits per heavy atom. The molecule has 0 saturated heterocycles. The fourth-order valence-electron chi connectivity index (χ4n) is 5.44. The van der Waals surface area contributed by atoms with Crippen LogP contribution in [0.3, 0.4) is 0 Å².